The first-order valence-corrected chi connectivity index (χ1v) is 6.83. The number of rotatable bonds is 5. The molecule has 0 aliphatic carbocycles. The average Bonchev–Trinajstić information content (AvgIpc) is 2.54. The summed E-state index contributed by atoms with van der Waals surface area (Å²) in [6.07, 6.45) is 3.09. The van der Waals surface area contributed by atoms with Crippen LogP contribution in [0.2, 0.25) is 0 Å². The van der Waals surface area contributed by atoms with E-state index in [-0.39, 0.29) is 19.8 Å². The number of ether oxygens (including phenoxy) is 3. The molecule has 112 valence electrons. The van der Waals surface area contributed by atoms with Crippen LogP contribution in [0.1, 0.15) is 18.9 Å². The Morgan fingerprint density at radius 2 is 1.95 bits per heavy atom. The van der Waals surface area contributed by atoms with Crippen molar-refractivity contribution in [3.8, 4) is 0 Å². The lowest BCUT2D eigenvalue weighted by Crippen LogP contribution is -2.42. The molecule has 1 saturated heterocycles. The average molecular weight is 290 g/mol. The molecule has 0 spiro atoms. The minimum Gasteiger partial charge on any atom is -0.462 e. The minimum atomic E-state index is -0.672. The lowest BCUT2D eigenvalue weighted by molar-refractivity contribution is -0.147. The van der Waals surface area contributed by atoms with Gasteiger partial charge in [-0.2, -0.15) is 0 Å². The summed E-state index contributed by atoms with van der Waals surface area (Å²) < 4.78 is 15.0. The Bertz CT molecular complexity index is 511. The number of hydrogen-bond acceptors (Lipinski definition) is 5. The molecule has 1 aromatic carbocycles. The van der Waals surface area contributed by atoms with Crippen LogP contribution in [0, 0.1) is 5.41 Å². The van der Waals surface area contributed by atoms with Crippen molar-refractivity contribution in [3.63, 3.8) is 0 Å². The van der Waals surface area contributed by atoms with Crippen LogP contribution in [0.15, 0.2) is 36.4 Å². The van der Waals surface area contributed by atoms with E-state index in [2.05, 4.69) is 0 Å². The summed E-state index contributed by atoms with van der Waals surface area (Å²) in [6, 6.07) is 9.48. The van der Waals surface area contributed by atoms with E-state index in [0.29, 0.717) is 6.42 Å². The molecule has 1 heterocycles. The molecule has 0 N–H and O–H groups in total. The number of esters is 1. The van der Waals surface area contributed by atoms with Crippen LogP contribution < -0.4 is 0 Å². The quantitative estimate of drug-likeness (QED) is 0.616. The summed E-state index contributed by atoms with van der Waals surface area (Å²) >= 11 is 0. The van der Waals surface area contributed by atoms with Gasteiger partial charge in [0.05, 0.1) is 5.41 Å². The first-order chi connectivity index (χ1) is 10.1. The minimum absolute atomic E-state index is 0.161. The van der Waals surface area contributed by atoms with E-state index in [1.54, 1.807) is 6.08 Å². The summed E-state index contributed by atoms with van der Waals surface area (Å²) in [4.78, 5) is 22.6. The van der Waals surface area contributed by atoms with Gasteiger partial charge in [-0.15, -0.1) is 0 Å². The molecule has 0 radical (unpaired) electrons. The number of hydrogen-bond donors (Lipinski definition) is 0. The molecule has 0 amide bonds. The van der Waals surface area contributed by atoms with Crippen molar-refractivity contribution in [3.05, 3.63) is 42.0 Å². The van der Waals surface area contributed by atoms with Gasteiger partial charge in [-0.3, -0.25) is 0 Å². The van der Waals surface area contributed by atoms with E-state index in [1.165, 1.54) is 6.08 Å². The number of carbonyl (C=O) groups is 2. The second-order valence-corrected chi connectivity index (χ2v) is 5.03. The van der Waals surface area contributed by atoms with E-state index in [4.69, 9.17) is 14.2 Å². The lowest BCUT2D eigenvalue weighted by Gasteiger charge is -2.33. The van der Waals surface area contributed by atoms with E-state index in [9.17, 15) is 9.59 Å². The zero-order valence-electron chi connectivity index (χ0n) is 11.9. The molecular weight excluding hydrogens is 272 g/mol. The van der Waals surface area contributed by atoms with Gasteiger partial charge in [-0.1, -0.05) is 37.3 Å². The molecule has 1 fully saturated rings. The molecule has 0 saturated carbocycles. The summed E-state index contributed by atoms with van der Waals surface area (Å²) in [5.74, 6) is -0.427. The highest BCUT2D eigenvalue weighted by Crippen LogP contribution is 2.27. The third kappa shape index (κ3) is 4.34. The fourth-order valence-electron chi connectivity index (χ4n) is 1.90. The third-order valence-electron chi connectivity index (χ3n) is 3.47. The van der Waals surface area contributed by atoms with Crippen LogP contribution in [0.25, 0.3) is 6.08 Å². The first kappa shape index (κ1) is 15.1. The van der Waals surface area contributed by atoms with Crippen molar-refractivity contribution >= 4 is 18.2 Å². The molecule has 0 atom stereocenters. The third-order valence-corrected chi connectivity index (χ3v) is 3.47. The van der Waals surface area contributed by atoms with Gasteiger partial charge in [-0.05, 0) is 18.1 Å². The van der Waals surface area contributed by atoms with Gasteiger partial charge in [0.1, 0.15) is 19.8 Å². The van der Waals surface area contributed by atoms with E-state index in [0.717, 1.165) is 5.56 Å². The Kier molecular flexibility index (Phi) is 4.98. The molecule has 0 unspecified atom stereocenters. The fourth-order valence-corrected chi connectivity index (χ4v) is 1.90. The number of carbonyl (C=O) groups excluding carboxylic acids is 2. The maximum Gasteiger partial charge on any atom is 0.508 e. The summed E-state index contributed by atoms with van der Waals surface area (Å²) in [6.45, 7) is 2.51. The van der Waals surface area contributed by atoms with Gasteiger partial charge < -0.3 is 14.2 Å². The Labute approximate surface area is 123 Å². The SMILES string of the molecule is CCC1(COC(=O)/C=C/c2ccccc2)COC(=O)OC1. The number of benzene rings is 1. The normalized spacial score (nSPS) is 17.1. The summed E-state index contributed by atoms with van der Waals surface area (Å²) in [5.41, 5.74) is 0.471. The summed E-state index contributed by atoms with van der Waals surface area (Å²) in [7, 11) is 0. The molecular formula is C16H18O5. The molecule has 1 aliphatic heterocycles. The largest absolute Gasteiger partial charge is 0.508 e. The Morgan fingerprint density at radius 1 is 1.29 bits per heavy atom. The maximum absolute atomic E-state index is 11.7. The Morgan fingerprint density at radius 3 is 2.57 bits per heavy atom. The first-order valence-electron chi connectivity index (χ1n) is 6.83. The second kappa shape index (κ2) is 6.92. The maximum atomic E-state index is 11.7. The Balaban J connectivity index is 1.85. The van der Waals surface area contributed by atoms with E-state index >= 15 is 0 Å². The molecule has 0 aromatic heterocycles. The van der Waals surface area contributed by atoms with E-state index < -0.39 is 17.5 Å². The van der Waals surface area contributed by atoms with E-state index in [1.807, 2.05) is 37.3 Å². The predicted octanol–water partition coefficient (Wildman–Crippen LogP) is 2.81. The monoisotopic (exact) mass is 290 g/mol. The molecule has 5 heteroatoms. The van der Waals surface area contributed by atoms with Crippen LogP contribution in [-0.4, -0.2) is 31.9 Å². The standard InChI is InChI=1S/C16H18O5/c1-2-16(11-20-15(18)21-12-16)10-19-14(17)9-8-13-6-4-3-5-7-13/h3-9H,2,10-12H2,1H3/b9-8+. The molecule has 21 heavy (non-hydrogen) atoms. The van der Waals surface area contributed by atoms with Gasteiger partial charge in [-0.25, -0.2) is 9.59 Å². The summed E-state index contributed by atoms with van der Waals surface area (Å²) in [5, 5.41) is 0. The van der Waals surface area contributed by atoms with Crippen molar-refractivity contribution in [1.82, 2.24) is 0 Å². The van der Waals surface area contributed by atoms with Crippen molar-refractivity contribution in [1.29, 1.82) is 0 Å². The molecule has 0 bridgehead atoms. The van der Waals surface area contributed by atoms with Gasteiger partial charge in [0.25, 0.3) is 0 Å². The van der Waals surface area contributed by atoms with Crippen LogP contribution in [0.4, 0.5) is 4.79 Å². The zero-order valence-corrected chi connectivity index (χ0v) is 11.9. The van der Waals surface area contributed by atoms with Gasteiger partial charge >= 0.3 is 12.1 Å². The van der Waals surface area contributed by atoms with Crippen LogP contribution in [0.3, 0.4) is 0 Å². The van der Waals surface area contributed by atoms with Crippen LogP contribution in [0.5, 0.6) is 0 Å². The smallest absolute Gasteiger partial charge is 0.462 e. The van der Waals surface area contributed by atoms with Crippen LogP contribution in [-0.2, 0) is 19.0 Å². The fraction of sp³-hybridized carbons (Fsp3) is 0.375. The molecule has 2 rings (SSSR count). The predicted molar refractivity (Wildman–Crippen MR) is 76.5 cm³/mol. The van der Waals surface area contributed by atoms with Crippen LogP contribution >= 0.6 is 0 Å². The highest BCUT2D eigenvalue weighted by Gasteiger charge is 2.37. The molecule has 1 aromatic rings. The van der Waals surface area contributed by atoms with Crippen molar-refractivity contribution in [2.45, 2.75) is 13.3 Å². The highest BCUT2D eigenvalue weighted by molar-refractivity contribution is 5.87. The molecule has 1 aliphatic rings. The van der Waals surface area contributed by atoms with Gasteiger partial charge in [0, 0.05) is 6.08 Å². The lowest BCUT2D eigenvalue weighted by atomic mass is 9.87. The zero-order chi connectivity index (χ0) is 15.1. The van der Waals surface area contributed by atoms with Crippen molar-refractivity contribution in [2.75, 3.05) is 19.8 Å². The van der Waals surface area contributed by atoms with Gasteiger partial charge in [0.15, 0.2) is 0 Å². The van der Waals surface area contributed by atoms with Crippen molar-refractivity contribution < 1.29 is 23.8 Å². The highest BCUT2D eigenvalue weighted by atomic mass is 16.7. The molecule has 5 nitrogen and oxygen atoms in total. The Hall–Kier alpha value is -2.30. The topological polar surface area (TPSA) is 61.8 Å². The second-order valence-electron chi connectivity index (χ2n) is 5.03. The number of cyclic esters (lactones) is 2. The van der Waals surface area contributed by atoms with Crippen molar-refractivity contribution in [2.24, 2.45) is 5.41 Å². The van der Waals surface area contributed by atoms with Gasteiger partial charge in [0.2, 0.25) is 0 Å².